The average molecular weight is 419 g/mol. The van der Waals surface area contributed by atoms with Gasteiger partial charge in [-0.15, -0.1) is 0 Å². The fourth-order valence-electron chi connectivity index (χ4n) is 2.44. The van der Waals surface area contributed by atoms with Gasteiger partial charge >= 0.3 is 0 Å². The van der Waals surface area contributed by atoms with Crippen LogP contribution in [0.4, 0.5) is 20.2 Å². The summed E-state index contributed by atoms with van der Waals surface area (Å²) in [6.07, 6.45) is 0.925. The fourth-order valence-corrected chi connectivity index (χ4v) is 3.77. The molecule has 1 unspecified atom stereocenters. The molecule has 0 bridgehead atoms. The zero-order chi connectivity index (χ0) is 20.4. The van der Waals surface area contributed by atoms with Crippen LogP contribution in [0.15, 0.2) is 36.4 Å². The van der Waals surface area contributed by atoms with Gasteiger partial charge in [-0.1, -0.05) is 11.6 Å². The Hall–Kier alpha value is -2.39. The molecule has 0 aliphatic carbocycles. The van der Waals surface area contributed by atoms with Gasteiger partial charge in [-0.05, 0) is 37.3 Å². The van der Waals surface area contributed by atoms with Crippen LogP contribution in [0.25, 0.3) is 0 Å². The molecule has 0 aliphatic rings. The zero-order valence-corrected chi connectivity index (χ0v) is 16.2. The third kappa shape index (κ3) is 4.86. The number of hydrogen-bond acceptors (Lipinski definition) is 4. The molecule has 0 aliphatic heterocycles. The quantitative estimate of drug-likeness (QED) is 0.779. The highest BCUT2D eigenvalue weighted by atomic mass is 35.5. The molecule has 0 spiro atoms. The van der Waals surface area contributed by atoms with E-state index in [1.54, 1.807) is 0 Å². The van der Waals surface area contributed by atoms with Crippen molar-refractivity contribution in [3.8, 4) is 5.75 Å². The predicted octanol–water partition coefficient (Wildman–Crippen LogP) is 3.42. The lowest BCUT2D eigenvalue weighted by Crippen LogP contribution is -2.45. The Balaban J connectivity index is 2.41. The Morgan fingerprint density at radius 3 is 2.41 bits per heavy atom. The second kappa shape index (κ2) is 8.10. The summed E-state index contributed by atoms with van der Waals surface area (Å²) in [7, 11) is -2.57. The molecular formula is C17H17ClF2N2O4S. The highest BCUT2D eigenvalue weighted by molar-refractivity contribution is 7.92. The minimum atomic E-state index is -3.92. The molecule has 27 heavy (non-hydrogen) atoms. The van der Waals surface area contributed by atoms with Gasteiger partial charge in [0.2, 0.25) is 15.9 Å². The Morgan fingerprint density at radius 1 is 1.19 bits per heavy atom. The zero-order valence-electron chi connectivity index (χ0n) is 14.7. The van der Waals surface area contributed by atoms with E-state index in [-0.39, 0.29) is 22.1 Å². The van der Waals surface area contributed by atoms with Crippen molar-refractivity contribution in [1.82, 2.24) is 0 Å². The van der Waals surface area contributed by atoms with Crippen molar-refractivity contribution in [1.29, 1.82) is 0 Å². The van der Waals surface area contributed by atoms with Crippen molar-refractivity contribution in [3.05, 3.63) is 53.1 Å². The molecule has 1 amide bonds. The smallest absolute Gasteiger partial charge is 0.247 e. The van der Waals surface area contributed by atoms with E-state index >= 15 is 0 Å². The number of nitrogens with one attached hydrogen (secondary N) is 1. The Bertz CT molecular complexity index is 969. The molecule has 10 heteroatoms. The molecule has 0 saturated carbocycles. The number of carbonyl (C=O) groups is 1. The molecule has 0 fully saturated rings. The van der Waals surface area contributed by atoms with E-state index in [1.165, 1.54) is 32.2 Å². The molecule has 2 aromatic rings. The Labute approximate surface area is 160 Å². The van der Waals surface area contributed by atoms with Gasteiger partial charge in [0.05, 0.1) is 19.1 Å². The summed E-state index contributed by atoms with van der Waals surface area (Å²) >= 11 is 5.96. The van der Waals surface area contributed by atoms with E-state index in [0.717, 1.165) is 28.8 Å². The van der Waals surface area contributed by atoms with Gasteiger partial charge in [-0.2, -0.15) is 0 Å². The van der Waals surface area contributed by atoms with Gasteiger partial charge in [-0.25, -0.2) is 17.2 Å². The first-order valence-electron chi connectivity index (χ1n) is 7.63. The van der Waals surface area contributed by atoms with E-state index in [2.05, 4.69) is 5.32 Å². The van der Waals surface area contributed by atoms with E-state index in [9.17, 15) is 22.0 Å². The fraction of sp³-hybridized carbons (Fsp3) is 0.235. The summed E-state index contributed by atoms with van der Waals surface area (Å²) in [5.41, 5.74) is 0.0534. The van der Waals surface area contributed by atoms with Crippen LogP contribution in [0.1, 0.15) is 6.92 Å². The number of rotatable bonds is 6. The highest BCUT2D eigenvalue weighted by Crippen LogP contribution is 2.34. The number of carbonyl (C=O) groups excluding carboxylic acids is 1. The minimum absolute atomic E-state index is 0.0164. The number of ether oxygens (including phenoxy) is 1. The van der Waals surface area contributed by atoms with Crippen LogP contribution in [0.5, 0.6) is 5.75 Å². The molecule has 2 rings (SSSR count). The van der Waals surface area contributed by atoms with Crippen molar-refractivity contribution in [2.75, 3.05) is 23.0 Å². The minimum Gasteiger partial charge on any atom is -0.495 e. The van der Waals surface area contributed by atoms with Gasteiger partial charge in [0.25, 0.3) is 0 Å². The van der Waals surface area contributed by atoms with Crippen molar-refractivity contribution in [2.45, 2.75) is 13.0 Å². The van der Waals surface area contributed by atoms with Gasteiger partial charge in [-0.3, -0.25) is 9.10 Å². The Morgan fingerprint density at radius 2 is 1.85 bits per heavy atom. The third-order valence-corrected chi connectivity index (χ3v) is 5.12. The van der Waals surface area contributed by atoms with Gasteiger partial charge in [0, 0.05) is 16.8 Å². The lowest BCUT2D eigenvalue weighted by atomic mass is 10.2. The molecular weight excluding hydrogens is 402 g/mol. The summed E-state index contributed by atoms with van der Waals surface area (Å²) in [4.78, 5) is 12.5. The van der Waals surface area contributed by atoms with Gasteiger partial charge in [0.1, 0.15) is 11.8 Å². The number of hydrogen-bond donors (Lipinski definition) is 1. The molecule has 0 radical (unpaired) electrons. The number of methoxy groups -OCH3 is 1. The van der Waals surface area contributed by atoms with Crippen LogP contribution in [0, 0.1) is 11.6 Å². The normalized spacial score (nSPS) is 12.4. The van der Waals surface area contributed by atoms with Crippen molar-refractivity contribution >= 4 is 38.9 Å². The lowest BCUT2D eigenvalue weighted by molar-refractivity contribution is -0.116. The third-order valence-electron chi connectivity index (χ3n) is 3.65. The molecule has 1 atom stereocenters. The van der Waals surface area contributed by atoms with Crippen LogP contribution >= 0.6 is 11.6 Å². The van der Waals surface area contributed by atoms with Crippen molar-refractivity contribution in [2.24, 2.45) is 0 Å². The van der Waals surface area contributed by atoms with Gasteiger partial charge < -0.3 is 10.1 Å². The maximum atomic E-state index is 13.3. The first-order chi connectivity index (χ1) is 12.5. The van der Waals surface area contributed by atoms with Crippen LogP contribution in [0.3, 0.4) is 0 Å². The number of anilines is 2. The number of nitrogens with zero attached hydrogens (tertiary/aromatic N) is 1. The lowest BCUT2D eigenvalue weighted by Gasteiger charge is -2.29. The van der Waals surface area contributed by atoms with Crippen LogP contribution in [0.2, 0.25) is 5.02 Å². The molecule has 0 saturated heterocycles. The first-order valence-corrected chi connectivity index (χ1v) is 9.86. The van der Waals surface area contributed by atoms with E-state index in [1.807, 2.05) is 0 Å². The molecule has 0 heterocycles. The van der Waals surface area contributed by atoms with E-state index in [0.29, 0.717) is 0 Å². The second-order valence-corrected chi connectivity index (χ2v) is 7.96. The van der Waals surface area contributed by atoms with E-state index in [4.69, 9.17) is 16.3 Å². The summed E-state index contributed by atoms with van der Waals surface area (Å²) in [5.74, 6) is -2.77. The first kappa shape index (κ1) is 20.9. The monoisotopic (exact) mass is 418 g/mol. The summed E-state index contributed by atoms with van der Waals surface area (Å²) in [6, 6.07) is 5.90. The largest absolute Gasteiger partial charge is 0.495 e. The number of amides is 1. The summed E-state index contributed by atoms with van der Waals surface area (Å²) in [6.45, 7) is 1.34. The Kier molecular flexibility index (Phi) is 6.27. The SMILES string of the molecule is COc1ccc(Cl)cc1N(C(C)C(=O)Nc1ccc(F)c(F)c1)S(C)(=O)=O. The predicted molar refractivity (Wildman–Crippen MR) is 99.8 cm³/mol. The maximum absolute atomic E-state index is 13.3. The van der Waals surface area contributed by atoms with Crippen LogP contribution in [-0.4, -0.2) is 33.7 Å². The molecule has 6 nitrogen and oxygen atoms in total. The average Bonchev–Trinajstić information content (AvgIpc) is 2.57. The highest BCUT2D eigenvalue weighted by Gasteiger charge is 2.31. The summed E-state index contributed by atoms with van der Waals surface area (Å²) < 4.78 is 57.0. The second-order valence-electron chi connectivity index (χ2n) is 5.67. The number of benzene rings is 2. The molecule has 2 aromatic carbocycles. The number of halogens is 3. The standard InChI is InChI=1S/C17H17ClF2N2O4S/c1-10(17(23)21-12-5-6-13(19)14(20)9-12)22(27(3,24)25)15-8-11(18)4-7-16(15)26-2/h4-10H,1-3H3,(H,21,23). The molecule has 0 aromatic heterocycles. The molecule has 146 valence electrons. The van der Waals surface area contributed by atoms with Crippen molar-refractivity contribution < 1.29 is 26.7 Å². The molecule has 1 N–H and O–H groups in total. The van der Waals surface area contributed by atoms with Crippen LogP contribution < -0.4 is 14.4 Å². The van der Waals surface area contributed by atoms with Crippen LogP contribution in [-0.2, 0) is 14.8 Å². The van der Waals surface area contributed by atoms with E-state index < -0.39 is 33.6 Å². The van der Waals surface area contributed by atoms with Gasteiger partial charge in [0.15, 0.2) is 11.6 Å². The van der Waals surface area contributed by atoms with Crippen molar-refractivity contribution in [3.63, 3.8) is 0 Å². The summed E-state index contributed by atoms with van der Waals surface area (Å²) in [5, 5.41) is 2.60. The topological polar surface area (TPSA) is 75.7 Å². The maximum Gasteiger partial charge on any atom is 0.247 e. The number of sulfonamides is 1.